The zero-order chi connectivity index (χ0) is 25.0. The third-order valence-electron chi connectivity index (χ3n) is 6.75. The van der Waals surface area contributed by atoms with E-state index in [9.17, 15) is 4.79 Å². The topological polar surface area (TPSA) is 54.5 Å². The molecule has 1 amide bonds. The third kappa shape index (κ3) is 4.95. The van der Waals surface area contributed by atoms with Crippen molar-refractivity contribution in [3.05, 3.63) is 115 Å². The number of nitrogens with zero attached hydrogens (tertiary/aromatic N) is 2. The zero-order valence-corrected chi connectivity index (χ0v) is 20.4. The van der Waals surface area contributed by atoms with Crippen LogP contribution in [0.2, 0.25) is 0 Å². The second-order valence-corrected chi connectivity index (χ2v) is 9.12. The van der Waals surface area contributed by atoms with Crippen LogP contribution < -0.4 is 10.2 Å². The summed E-state index contributed by atoms with van der Waals surface area (Å²) < 4.78 is 5.45. The molecular formula is C32H27N3O2. The maximum absolute atomic E-state index is 13.5. The number of hydrogen-bond acceptors (Lipinski definition) is 4. The number of morpholine rings is 1. The van der Waals surface area contributed by atoms with Gasteiger partial charge < -0.3 is 15.0 Å². The predicted octanol–water partition coefficient (Wildman–Crippen LogP) is 6.66. The molecule has 0 bridgehead atoms. The summed E-state index contributed by atoms with van der Waals surface area (Å²) in [6.45, 7) is 3.24. The molecule has 0 atom stereocenters. The van der Waals surface area contributed by atoms with Gasteiger partial charge in [0.2, 0.25) is 0 Å². The maximum Gasteiger partial charge on any atom is 0.256 e. The summed E-state index contributed by atoms with van der Waals surface area (Å²) in [6, 6.07) is 36.3. The van der Waals surface area contributed by atoms with Gasteiger partial charge >= 0.3 is 0 Å². The van der Waals surface area contributed by atoms with E-state index in [4.69, 9.17) is 9.72 Å². The lowest BCUT2D eigenvalue weighted by atomic mass is 10.0. The van der Waals surface area contributed by atoms with Crippen molar-refractivity contribution in [3.63, 3.8) is 0 Å². The Bertz CT molecular complexity index is 1520. The lowest BCUT2D eigenvalue weighted by molar-refractivity contribution is 0.102. The molecule has 37 heavy (non-hydrogen) atoms. The highest BCUT2D eigenvalue weighted by atomic mass is 16.5. The van der Waals surface area contributed by atoms with E-state index in [0.717, 1.165) is 65.4 Å². The minimum Gasteiger partial charge on any atom is -0.378 e. The molecule has 0 unspecified atom stereocenters. The Morgan fingerprint density at radius 2 is 1.38 bits per heavy atom. The molecule has 1 aromatic heterocycles. The molecule has 182 valence electrons. The van der Waals surface area contributed by atoms with Crippen LogP contribution in [0.4, 0.5) is 11.4 Å². The number of nitrogens with one attached hydrogen (secondary N) is 1. The Hall–Kier alpha value is -4.48. The lowest BCUT2D eigenvalue weighted by Crippen LogP contribution is -2.36. The van der Waals surface area contributed by atoms with E-state index < -0.39 is 0 Å². The number of pyridine rings is 1. The third-order valence-corrected chi connectivity index (χ3v) is 6.75. The molecule has 0 radical (unpaired) electrons. The smallest absolute Gasteiger partial charge is 0.256 e. The second kappa shape index (κ2) is 10.2. The highest BCUT2D eigenvalue weighted by Gasteiger charge is 2.15. The number of para-hydroxylation sites is 1. The number of hydrogen-bond donors (Lipinski definition) is 1. The van der Waals surface area contributed by atoms with Gasteiger partial charge in [-0.15, -0.1) is 0 Å². The van der Waals surface area contributed by atoms with Crippen molar-refractivity contribution in [1.82, 2.24) is 4.98 Å². The summed E-state index contributed by atoms with van der Waals surface area (Å²) in [7, 11) is 0. The molecule has 1 aliphatic rings. The lowest BCUT2D eigenvalue weighted by Gasteiger charge is -2.28. The minimum atomic E-state index is -0.153. The number of benzene rings is 4. The Balaban J connectivity index is 1.28. The molecule has 0 spiro atoms. The van der Waals surface area contributed by atoms with Crippen molar-refractivity contribution in [2.45, 2.75) is 0 Å². The van der Waals surface area contributed by atoms with Gasteiger partial charge in [-0.1, -0.05) is 72.8 Å². The average molecular weight is 486 g/mol. The fraction of sp³-hybridized carbons (Fsp3) is 0.125. The SMILES string of the molecule is O=C(Nc1ccc(N2CCOCC2)cc1)c1cc(-c2ccc(-c3ccccc3)cc2)nc2ccccc12. The van der Waals surface area contributed by atoms with Gasteiger partial charge in [0, 0.05) is 35.4 Å². The molecule has 0 aliphatic carbocycles. The second-order valence-electron chi connectivity index (χ2n) is 9.12. The maximum atomic E-state index is 13.5. The number of fused-ring (bicyclic) bond motifs is 1. The molecule has 0 saturated carbocycles. The summed E-state index contributed by atoms with van der Waals surface area (Å²) in [4.78, 5) is 20.6. The molecule has 4 aromatic carbocycles. The molecule has 1 aliphatic heterocycles. The standard InChI is InChI=1S/C32H27N3O2/c36-32(33-26-14-16-27(17-15-26)35-18-20-37-21-19-35)29-22-31(34-30-9-5-4-8-28(29)30)25-12-10-24(11-13-25)23-6-2-1-3-7-23/h1-17,22H,18-21H2,(H,33,36). The first-order chi connectivity index (χ1) is 18.2. The fourth-order valence-corrected chi connectivity index (χ4v) is 4.75. The highest BCUT2D eigenvalue weighted by molar-refractivity contribution is 6.13. The van der Waals surface area contributed by atoms with Crippen LogP contribution in [0.25, 0.3) is 33.3 Å². The van der Waals surface area contributed by atoms with Crippen molar-refractivity contribution in [3.8, 4) is 22.4 Å². The van der Waals surface area contributed by atoms with Gasteiger partial charge in [0.15, 0.2) is 0 Å². The van der Waals surface area contributed by atoms with Crippen LogP contribution in [-0.2, 0) is 4.74 Å². The van der Waals surface area contributed by atoms with Gasteiger partial charge in [-0.05, 0) is 47.5 Å². The molecule has 1 N–H and O–H groups in total. The number of carbonyl (C=O) groups is 1. The van der Waals surface area contributed by atoms with Gasteiger partial charge in [0.25, 0.3) is 5.91 Å². The quantitative estimate of drug-likeness (QED) is 0.303. The van der Waals surface area contributed by atoms with E-state index in [2.05, 4.69) is 46.6 Å². The van der Waals surface area contributed by atoms with Crippen LogP contribution in [0, 0.1) is 0 Å². The molecule has 6 rings (SSSR count). The monoisotopic (exact) mass is 485 g/mol. The van der Waals surface area contributed by atoms with Crippen LogP contribution in [-0.4, -0.2) is 37.2 Å². The van der Waals surface area contributed by atoms with Gasteiger partial charge in [-0.3, -0.25) is 4.79 Å². The van der Waals surface area contributed by atoms with Crippen molar-refractivity contribution in [1.29, 1.82) is 0 Å². The number of carbonyl (C=O) groups excluding carboxylic acids is 1. The van der Waals surface area contributed by atoms with Crippen LogP contribution in [0.3, 0.4) is 0 Å². The first kappa shape index (κ1) is 23.0. The first-order valence-corrected chi connectivity index (χ1v) is 12.5. The number of ether oxygens (including phenoxy) is 1. The van der Waals surface area contributed by atoms with E-state index >= 15 is 0 Å². The van der Waals surface area contributed by atoms with Crippen molar-refractivity contribution in [2.75, 3.05) is 36.5 Å². The number of amides is 1. The predicted molar refractivity (Wildman–Crippen MR) is 150 cm³/mol. The summed E-state index contributed by atoms with van der Waals surface area (Å²) >= 11 is 0. The first-order valence-electron chi connectivity index (χ1n) is 12.5. The number of anilines is 2. The van der Waals surface area contributed by atoms with Gasteiger partial charge in [0.05, 0.1) is 30.0 Å². The van der Waals surface area contributed by atoms with Gasteiger partial charge in [-0.25, -0.2) is 4.98 Å². The van der Waals surface area contributed by atoms with Crippen LogP contribution >= 0.6 is 0 Å². The molecule has 5 nitrogen and oxygen atoms in total. The molecule has 5 heteroatoms. The number of rotatable bonds is 5. The van der Waals surface area contributed by atoms with Crippen molar-refractivity contribution >= 4 is 28.2 Å². The highest BCUT2D eigenvalue weighted by Crippen LogP contribution is 2.28. The summed E-state index contributed by atoms with van der Waals surface area (Å²) in [6.07, 6.45) is 0. The van der Waals surface area contributed by atoms with E-state index in [1.54, 1.807) is 0 Å². The van der Waals surface area contributed by atoms with E-state index in [0.29, 0.717) is 5.56 Å². The fourth-order valence-electron chi connectivity index (χ4n) is 4.75. The molecule has 1 saturated heterocycles. The molecular weight excluding hydrogens is 458 g/mol. The van der Waals surface area contributed by atoms with Crippen LogP contribution in [0.5, 0.6) is 0 Å². The molecule has 5 aromatic rings. The largest absolute Gasteiger partial charge is 0.378 e. The van der Waals surface area contributed by atoms with E-state index in [1.165, 1.54) is 5.56 Å². The Morgan fingerprint density at radius 1 is 0.730 bits per heavy atom. The normalized spacial score (nSPS) is 13.5. The number of aromatic nitrogens is 1. The van der Waals surface area contributed by atoms with E-state index in [-0.39, 0.29) is 5.91 Å². The van der Waals surface area contributed by atoms with Crippen LogP contribution in [0.15, 0.2) is 109 Å². The van der Waals surface area contributed by atoms with Gasteiger partial charge in [-0.2, -0.15) is 0 Å². The molecule has 2 heterocycles. The van der Waals surface area contributed by atoms with Crippen molar-refractivity contribution < 1.29 is 9.53 Å². The molecule has 1 fully saturated rings. The van der Waals surface area contributed by atoms with Crippen LogP contribution in [0.1, 0.15) is 10.4 Å². The Morgan fingerprint density at radius 3 is 2.14 bits per heavy atom. The Kier molecular flexibility index (Phi) is 6.36. The van der Waals surface area contributed by atoms with Crippen molar-refractivity contribution in [2.24, 2.45) is 0 Å². The average Bonchev–Trinajstić information content (AvgIpc) is 2.98. The Labute approximate surface area is 216 Å². The summed E-state index contributed by atoms with van der Waals surface area (Å²) in [5, 5.41) is 3.91. The van der Waals surface area contributed by atoms with E-state index in [1.807, 2.05) is 72.8 Å². The minimum absolute atomic E-state index is 0.153. The zero-order valence-electron chi connectivity index (χ0n) is 20.4. The van der Waals surface area contributed by atoms with Gasteiger partial charge in [0.1, 0.15) is 0 Å². The summed E-state index contributed by atoms with van der Waals surface area (Å²) in [5.74, 6) is -0.153. The summed E-state index contributed by atoms with van der Waals surface area (Å²) in [5.41, 5.74) is 7.34.